The summed E-state index contributed by atoms with van der Waals surface area (Å²) < 4.78 is 65.6. The summed E-state index contributed by atoms with van der Waals surface area (Å²) in [4.78, 5) is 11.2. The minimum atomic E-state index is -4.75. The molecular formula is C16H21F3N2O3S. The van der Waals surface area contributed by atoms with E-state index in [9.17, 15) is 26.4 Å². The average molecular weight is 378 g/mol. The van der Waals surface area contributed by atoms with Gasteiger partial charge >= 0.3 is 6.18 Å². The van der Waals surface area contributed by atoms with Crippen LogP contribution in [0.25, 0.3) is 0 Å². The SMILES string of the molecule is CCCNC(=O)C1CCN(S(=O)(=O)c2ccccc2C(F)(F)F)CC1. The quantitative estimate of drug-likeness (QED) is 0.857. The van der Waals surface area contributed by atoms with Crippen LogP contribution in [0.3, 0.4) is 0 Å². The second-order valence-electron chi connectivity index (χ2n) is 5.96. The van der Waals surface area contributed by atoms with Gasteiger partial charge in [0.25, 0.3) is 0 Å². The molecule has 1 aromatic rings. The molecule has 25 heavy (non-hydrogen) atoms. The summed E-state index contributed by atoms with van der Waals surface area (Å²) in [7, 11) is -4.26. The molecule has 1 aromatic carbocycles. The van der Waals surface area contributed by atoms with Crippen molar-refractivity contribution in [2.45, 2.75) is 37.3 Å². The zero-order valence-corrected chi connectivity index (χ0v) is 14.7. The van der Waals surface area contributed by atoms with Crippen LogP contribution in [0.4, 0.5) is 13.2 Å². The van der Waals surface area contributed by atoms with Crippen molar-refractivity contribution in [2.75, 3.05) is 19.6 Å². The van der Waals surface area contributed by atoms with Crippen LogP contribution in [-0.2, 0) is 21.0 Å². The molecule has 5 nitrogen and oxygen atoms in total. The maximum atomic E-state index is 13.1. The number of carbonyl (C=O) groups excluding carboxylic acids is 1. The van der Waals surface area contributed by atoms with E-state index in [-0.39, 0.29) is 24.9 Å². The average Bonchev–Trinajstić information content (AvgIpc) is 2.59. The third-order valence-electron chi connectivity index (χ3n) is 4.18. The molecule has 1 saturated heterocycles. The van der Waals surface area contributed by atoms with Crippen molar-refractivity contribution in [3.8, 4) is 0 Å². The predicted molar refractivity (Wildman–Crippen MR) is 86.2 cm³/mol. The Bertz CT molecular complexity index is 712. The Morgan fingerprint density at radius 2 is 1.84 bits per heavy atom. The van der Waals surface area contributed by atoms with E-state index in [0.717, 1.165) is 28.9 Å². The number of amides is 1. The third-order valence-corrected chi connectivity index (χ3v) is 6.14. The Labute approximate surface area is 145 Å². The van der Waals surface area contributed by atoms with Gasteiger partial charge in [0.15, 0.2) is 0 Å². The maximum absolute atomic E-state index is 13.1. The molecule has 0 aromatic heterocycles. The molecule has 0 aliphatic carbocycles. The molecule has 2 rings (SSSR count). The second-order valence-corrected chi connectivity index (χ2v) is 7.87. The van der Waals surface area contributed by atoms with Crippen molar-refractivity contribution < 1.29 is 26.4 Å². The number of benzene rings is 1. The number of halogens is 3. The predicted octanol–water partition coefficient (Wildman–Crippen LogP) is 2.63. The molecule has 0 saturated carbocycles. The molecule has 1 aliphatic rings. The number of piperidine rings is 1. The first-order valence-electron chi connectivity index (χ1n) is 8.12. The first-order chi connectivity index (χ1) is 11.7. The summed E-state index contributed by atoms with van der Waals surface area (Å²) in [5, 5.41) is 2.76. The molecule has 140 valence electrons. The normalized spacial score (nSPS) is 17.4. The Hall–Kier alpha value is -1.61. The van der Waals surface area contributed by atoms with Crippen LogP contribution < -0.4 is 5.32 Å². The number of hydrogen-bond acceptors (Lipinski definition) is 3. The largest absolute Gasteiger partial charge is 0.417 e. The van der Waals surface area contributed by atoms with Gasteiger partial charge in [0.05, 0.1) is 10.5 Å². The lowest BCUT2D eigenvalue weighted by Crippen LogP contribution is -2.43. The maximum Gasteiger partial charge on any atom is 0.417 e. The lowest BCUT2D eigenvalue weighted by Gasteiger charge is -2.31. The summed E-state index contributed by atoms with van der Waals surface area (Å²) in [6, 6.07) is 4.16. The van der Waals surface area contributed by atoms with Gasteiger partial charge in [-0.1, -0.05) is 19.1 Å². The topological polar surface area (TPSA) is 66.5 Å². The van der Waals surface area contributed by atoms with Crippen molar-refractivity contribution >= 4 is 15.9 Å². The third kappa shape index (κ3) is 4.52. The molecule has 0 unspecified atom stereocenters. The molecule has 0 radical (unpaired) electrons. The number of rotatable bonds is 5. The van der Waals surface area contributed by atoms with E-state index in [4.69, 9.17) is 0 Å². The van der Waals surface area contributed by atoms with Crippen LogP contribution in [0, 0.1) is 5.92 Å². The van der Waals surface area contributed by atoms with Crippen LogP contribution in [-0.4, -0.2) is 38.3 Å². The standard InChI is InChI=1S/C16H21F3N2O3S/c1-2-9-20-15(22)12-7-10-21(11-8-12)25(23,24)14-6-4-3-5-13(14)16(17,18)19/h3-6,12H,2,7-11H2,1H3,(H,20,22). The van der Waals surface area contributed by atoms with E-state index in [2.05, 4.69) is 5.32 Å². The Morgan fingerprint density at radius 1 is 1.24 bits per heavy atom. The molecule has 0 spiro atoms. The fraction of sp³-hybridized carbons (Fsp3) is 0.562. The molecule has 1 heterocycles. The van der Waals surface area contributed by atoms with Crippen LogP contribution in [0.15, 0.2) is 29.2 Å². The smallest absolute Gasteiger partial charge is 0.356 e. The van der Waals surface area contributed by atoms with Crippen molar-refractivity contribution in [2.24, 2.45) is 5.92 Å². The summed E-state index contributed by atoms with van der Waals surface area (Å²) in [6.45, 7) is 2.53. The zero-order valence-electron chi connectivity index (χ0n) is 13.8. The molecule has 0 bridgehead atoms. The number of hydrogen-bond donors (Lipinski definition) is 1. The first kappa shape index (κ1) is 19.7. The summed E-state index contributed by atoms with van der Waals surface area (Å²) in [5.74, 6) is -0.439. The van der Waals surface area contributed by atoms with E-state index in [1.165, 1.54) is 6.07 Å². The van der Waals surface area contributed by atoms with E-state index >= 15 is 0 Å². The molecule has 1 amide bonds. The van der Waals surface area contributed by atoms with E-state index in [0.29, 0.717) is 19.4 Å². The molecule has 1 aliphatic heterocycles. The second kappa shape index (κ2) is 7.74. The van der Waals surface area contributed by atoms with E-state index < -0.39 is 26.7 Å². The summed E-state index contributed by atoms with van der Waals surface area (Å²) in [6.07, 6.45) is -3.36. The molecule has 1 N–H and O–H groups in total. The first-order valence-corrected chi connectivity index (χ1v) is 9.56. The minimum Gasteiger partial charge on any atom is -0.356 e. The van der Waals surface area contributed by atoms with Gasteiger partial charge in [-0.25, -0.2) is 8.42 Å². The number of nitrogens with zero attached hydrogens (tertiary/aromatic N) is 1. The monoisotopic (exact) mass is 378 g/mol. The lowest BCUT2D eigenvalue weighted by molar-refractivity contribution is -0.139. The minimum absolute atomic E-state index is 0.0265. The van der Waals surface area contributed by atoms with Crippen molar-refractivity contribution in [1.29, 1.82) is 0 Å². The molecule has 1 fully saturated rings. The number of carbonyl (C=O) groups is 1. The van der Waals surface area contributed by atoms with Crippen molar-refractivity contribution in [3.63, 3.8) is 0 Å². The summed E-state index contributed by atoms with van der Waals surface area (Å²) in [5.41, 5.74) is -1.17. The number of alkyl halides is 3. The lowest BCUT2D eigenvalue weighted by atomic mass is 9.97. The van der Waals surface area contributed by atoms with E-state index in [1.807, 2.05) is 6.92 Å². The molecular weight excluding hydrogens is 357 g/mol. The van der Waals surface area contributed by atoms with Gasteiger partial charge in [0, 0.05) is 25.6 Å². The fourth-order valence-electron chi connectivity index (χ4n) is 2.82. The van der Waals surface area contributed by atoms with Gasteiger partial charge < -0.3 is 5.32 Å². The highest BCUT2D eigenvalue weighted by Gasteiger charge is 2.40. The Morgan fingerprint density at radius 3 is 2.40 bits per heavy atom. The van der Waals surface area contributed by atoms with Crippen LogP contribution in [0.1, 0.15) is 31.7 Å². The molecule has 0 atom stereocenters. The van der Waals surface area contributed by atoms with Crippen LogP contribution in [0.2, 0.25) is 0 Å². The highest BCUT2D eigenvalue weighted by molar-refractivity contribution is 7.89. The summed E-state index contributed by atoms with van der Waals surface area (Å²) >= 11 is 0. The Kier molecular flexibility index (Phi) is 6.10. The highest BCUT2D eigenvalue weighted by Crippen LogP contribution is 2.36. The number of nitrogens with one attached hydrogen (secondary N) is 1. The van der Waals surface area contributed by atoms with Gasteiger partial charge in [-0.05, 0) is 31.4 Å². The van der Waals surface area contributed by atoms with Crippen molar-refractivity contribution in [3.05, 3.63) is 29.8 Å². The highest BCUT2D eigenvalue weighted by atomic mass is 32.2. The zero-order chi connectivity index (χ0) is 18.7. The fourth-order valence-corrected chi connectivity index (χ4v) is 4.50. The number of sulfonamides is 1. The van der Waals surface area contributed by atoms with Gasteiger partial charge in [-0.15, -0.1) is 0 Å². The van der Waals surface area contributed by atoms with E-state index in [1.54, 1.807) is 0 Å². The van der Waals surface area contributed by atoms with Gasteiger partial charge in [0.1, 0.15) is 0 Å². The Balaban J connectivity index is 2.15. The van der Waals surface area contributed by atoms with Gasteiger partial charge in [-0.2, -0.15) is 17.5 Å². The molecule has 9 heteroatoms. The van der Waals surface area contributed by atoms with Crippen LogP contribution in [0.5, 0.6) is 0 Å². The van der Waals surface area contributed by atoms with Gasteiger partial charge in [-0.3, -0.25) is 4.79 Å². The van der Waals surface area contributed by atoms with Crippen LogP contribution >= 0.6 is 0 Å². The van der Waals surface area contributed by atoms with Crippen molar-refractivity contribution in [1.82, 2.24) is 9.62 Å². The van der Waals surface area contributed by atoms with Gasteiger partial charge in [0.2, 0.25) is 15.9 Å².